The fraction of sp³-hybridized carbons (Fsp3) is 0.0333. The Bertz CT molecular complexity index is 3600. The van der Waals surface area contributed by atoms with Crippen LogP contribution in [0.4, 0.5) is 11.4 Å². The van der Waals surface area contributed by atoms with Crippen LogP contribution in [0.25, 0.3) is 60.6 Å². The van der Waals surface area contributed by atoms with Crippen LogP contribution in [0, 0.1) is 0 Å². The average molecular weight is 834 g/mol. The lowest BCUT2D eigenvalue weighted by Gasteiger charge is -2.39. The predicted octanol–water partition coefficient (Wildman–Crippen LogP) is 12.8. The first kappa shape index (κ1) is 36.7. The van der Waals surface area contributed by atoms with Gasteiger partial charge < -0.3 is 14.0 Å². The summed E-state index contributed by atoms with van der Waals surface area (Å²) in [6, 6.07) is 86.1. The normalized spacial score (nSPS) is 14.8. The van der Waals surface area contributed by atoms with Crippen molar-refractivity contribution < 1.29 is 0 Å². The van der Waals surface area contributed by atoms with Crippen LogP contribution >= 0.6 is 0 Å². The van der Waals surface area contributed by atoms with Gasteiger partial charge in [0, 0.05) is 49.9 Å². The molecule has 0 spiro atoms. The molecule has 2 aliphatic rings. The van der Waals surface area contributed by atoms with Crippen LogP contribution in [-0.2, 0) is 0 Å². The number of para-hydroxylation sites is 5. The summed E-state index contributed by atoms with van der Waals surface area (Å²) in [6.07, 6.45) is 5.90. The minimum Gasteiger partial charge on any atom is -0.333 e. The van der Waals surface area contributed by atoms with Gasteiger partial charge in [-0.15, -0.1) is 0 Å². The van der Waals surface area contributed by atoms with Crippen molar-refractivity contribution in [2.45, 2.75) is 12.5 Å². The van der Waals surface area contributed by atoms with Gasteiger partial charge in [0.05, 0.1) is 28.1 Å². The molecule has 9 aromatic carbocycles. The second-order valence-electron chi connectivity index (χ2n) is 17.1. The molecule has 0 saturated carbocycles. The lowest BCUT2D eigenvalue weighted by molar-refractivity contribution is 0.827. The highest BCUT2D eigenvalue weighted by Gasteiger charge is 2.48. The molecule has 1 unspecified atom stereocenters. The van der Waals surface area contributed by atoms with Crippen molar-refractivity contribution >= 4 is 84.2 Å². The quantitative estimate of drug-likeness (QED) is 0.115. The highest BCUT2D eigenvalue weighted by Crippen LogP contribution is 2.50. The van der Waals surface area contributed by atoms with E-state index in [1.54, 1.807) is 0 Å². The molecule has 4 heteroatoms. The molecule has 302 valence electrons. The van der Waals surface area contributed by atoms with E-state index < -0.39 is 8.07 Å². The molecule has 3 heterocycles. The van der Waals surface area contributed by atoms with Crippen LogP contribution in [0.3, 0.4) is 0 Å². The smallest absolute Gasteiger partial charge is 0.180 e. The van der Waals surface area contributed by atoms with Gasteiger partial charge in [0.1, 0.15) is 0 Å². The molecule has 0 amide bonds. The number of hydrogen-bond acceptors (Lipinski definition) is 1. The lowest BCUT2D eigenvalue weighted by atomic mass is 9.95. The molecule has 3 nitrogen and oxygen atoms in total. The summed E-state index contributed by atoms with van der Waals surface area (Å²) < 4.78 is 4.95. The monoisotopic (exact) mass is 833 g/mol. The zero-order chi connectivity index (χ0) is 42.2. The summed E-state index contributed by atoms with van der Waals surface area (Å²) in [4.78, 5) is 2.59. The van der Waals surface area contributed by atoms with E-state index in [1.807, 2.05) is 0 Å². The standard InChI is InChI=1S/C60H43N3Si/c1-5-21-42(22-6-1)61-51-34-16-13-31-48(51)58-54(61)37-20-38-57(58)64(45-26-9-3-10-27-45,46-28-11-4-12-29-46)47-30-19-25-44(41-47)63-53-36-18-15-33-50(53)60-56(63)40-39-55-59(60)49-32-14-17-35-52(49)62(55)43-23-7-2-8-24-43/h1-36,38-41,54H,37H2. The van der Waals surface area contributed by atoms with E-state index in [9.17, 15) is 0 Å². The van der Waals surface area contributed by atoms with Gasteiger partial charge in [-0.25, -0.2) is 0 Å². The number of aromatic nitrogens is 2. The van der Waals surface area contributed by atoms with Crippen LogP contribution < -0.4 is 20.5 Å². The molecule has 0 bridgehead atoms. The molecule has 11 aromatic rings. The van der Waals surface area contributed by atoms with Gasteiger partial charge in [-0.1, -0.05) is 176 Å². The number of anilines is 2. The van der Waals surface area contributed by atoms with Crippen LogP contribution in [0.15, 0.2) is 248 Å². The van der Waals surface area contributed by atoms with Crippen LogP contribution in [0.5, 0.6) is 0 Å². The topological polar surface area (TPSA) is 13.1 Å². The first-order chi connectivity index (χ1) is 31.8. The number of fused-ring (bicyclic) bond motifs is 10. The third-order valence-corrected chi connectivity index (χ3v) is 18.7. The van der Waals surface area contributed by atoms with Gasteiger partial charge in [0.2, 0.25) is 0 Å². The minimum absolute atomic E-state index is 0.167. The molecule has 64 heavy (non-hydrogen) atoms. The Hall–Kier alpha value is -7.92. The average Bonchev–Trinajstić information content (AvgIpc) is 4.02. The van der Waals surface area contributed by atoms with Crippen molar-refractivity contribution in [1.82, 2.24) is 9.13 Å². The minimum atomic E-state index is -3.05. The van der Waals surface area contributed by atoms with E-state index in [1.165, 1.54) is 98.3 Å². The van der Waals surface area contributed by atoms with Gasteiger partial charge in [-0.05, 0) is 99.5 Å². The molecule has 1 aliphatic carbocycles. The van der Waals surface area contributed by atoms with Crippen LogP contribution in [0.1, 0.15) is 12.0 Å². The van der Waals surface area contributed by atoms with Gasteiger partial charge >= 0.3 is 0 Å². The Morgan fingerprint density at radius 1 is 0.391 bits per heavy atom. The fourth-order valence-electron chi connectivity index (χ4n) is 11.4. The predicted molar refractivity (Wildman–Crippen MR) is 272 cm³/mol. The van der Waals surface area contributed by atoms with Gasteiger partial charge in [-0.2, -0.15) is 0 Å². The molecule has 0 fully saturated rings. The Morgan fingerprint density at radius 3 is 1.50 bits per heavy atom. The summed E-state index contributed by atoms with van der Waals surface area (Å²) in [5, 5.41) is 10.6. The number of hydrogen-bond donors (Lipinski definition) is 0. The largest absolute Gasteiger partial charge is 0.333 e. The highest BCUT2D eigenvalue weighted by molar-refractivity contribution is 7.17. The Labute approximate surface area is 373 Å². The Balaban J connectivity index is 1.11. The lowest BCUT2D eigenvalue weighted by Crippen LogP contribution is -2.69. The summed E-state index contributed by atoms with van der Waals surface area (Å²) in [7, 11) is -3.05. The van der Waals surface area contributed by atoms with Crippen molar-refractivity contribution in [3.05, 3.63) is 253 Å². The molecule has 1 aliphatic heterocycles. The summed E-state index contributed by atoms with van der Waals surface area (Å²) >= 11 is 0. The van der Waals surface area contributed by atoms with Crippen molar-refractivity contribution in [3.8, 4) is 11.4 Å². The maximum atomic E-state index is 2.59. The van der Waals surface area contributed by atoms with E-state index in [2.05, 4.69) is 257 Å². The second-order valence-corrected chi connectivity index (χ2v) is 20.9. The van der Waals surface area contributed by atoms with E-state index >= 15 is 0 Å². The van der Waals surface area contributed by atoms with Crippen molar-refractivity contribution in [2.75, 3.05) is 4.90 Å². The van der Waals surface area contributed by atoms with Crippen molar-refractivity contribution in [1.29, 1.82) is 0 Å². The van der Waals surface area contributed by atoms with Crippen LogP contribution in [0.2, 0.25) is 0 Å². The van der Waals surface area contributed by atoms with E-state index in [0.29, 0.717) is 0 Å². The zero-order valence-corrected chi connectivity index (χ0v) is 36.2. The SMILES string of the molecule is C1=CC([Si](c2ccccc2)(c2ccccc2)c2cccc(-n3c4ccccc4c4c5c6ccccc6n(-c6ccccc6)c5ccc43)c2)=C2c3ccccc3N(c3ccccc3)C2C1. The number of rotatable bonds is 7. The van der Waals surface area contributed by atoms with Gasteiger partial charge in [0.25, 0.3) is 0 Å². The first-order valence-corrected chi connectivity index (χ1v) is 24.4. The number of nitrogens with zero attached hydrogens (tertiary/aromatic N) is 3. The summed E-state index contributed by atoms with van der Waals surface area (Å²) in [5.74, 6) is 0. The number of allylic oxidation sites excluding steroid dienone is 2. The second kappa shape index (κ2) is 14.6. The molecule has 0 N–H and O–H groups in total. The molecular weight excluding hydrogens is 791 g/mol. The number of benzene rings is 9. The van der Waals surface area contributed by atoms with Gasteiger partial charge in [-0.3, -0.25) is 0 Å². The van der Waals surface area contributed by atoms with E-state index in [4.69, 9.17) is 0 Å². The summed E-state index contributed by atoms with van der Waals surface area (Å²) in [5.41, 5.74) is 12.4. The van der Waals surface area contributed by atoms with Crippen LogP contribution in [-0.4, -0.2) is 23.2 Å². The van der Waals surface area contributed by atoms with E-state index in [0.717, 1.165) is 6.42 Å². The Kier molecular flexibility index (Phi) is 8.37. The molecular formula is C60H43N3Si. The molecule has 0 saturated heterocycles. The van der Waals surface area contributed by atoms with Crippen molar-refractivity contribution in [3.63, 3.8) is 0 Å². The van der Waals surface area contributed by atoms with E-state index in [-0.39, 0.29) is 6.04 Å². The maximum absolute atomic E-state index is 3.05. The first-order valence-electron chi connectivity index (χ1n) is 22.4. The highest BCUT2D eigenvalue weighted by atomic mass is 28.3. The summed E-state index contributed by atoms with van der Waals surface area (Å²) in [6.45, 7) is 0. The van der Waals surface area contributed by atoms with Gasteiger partial charge in [0.15, 0.2) is 8.07 Å². The Morgan fingerprint density at radius 2 is 0.875 bits per heavy atom. The van der Waals surface area contributed by atoms with Crippen molar-refractivity contribution in [2.24, 2.45) is 0 Å². The molecule has 1 atom stereocenters. The molecule has 2 aromatic heterocycles. The maximum Gasteiger partial charge on any atom is 0.180 e. The third kappa shape index (κ3) is 5.27. The third-order valence-electron chi connectivity index (χ3n) is 13.9. The zero-order valence-electron chi connectivity index (χ0n) is 35.2. The fourth-order valence-corrected chi connectivity index (χ4v) is 16.5. The molecule has 13 rings (SSSR count). The molecule has 0 radical (unpaired) electrons.